The van der Waals surface area contributed by atoms with Crippen molar-refractivity contribution in [2.24, 2.45) is 0 Å². The summed E-state index contributed by atoms with van der Waals surface area (Å²) >= 11 is 5.75. The summed E-state index contributed by atoms with van der Waals surface area (Å²) in [5.41, 5.74) is 0.508. The van der Waals surface area contributed by atoms with Crippen molar-refractivity contribution >= 4 is 25.0 Å². The minimum atomic E-state index is -1.68. The minimum Gasteiger partial charge on any atom is -0.262 e. The molecule has 4 heteroatoms. The zero-order chi connectivity index (χ0) is 10.2. The Bertz CT molecular complexity index is 333. The van der Waals surface area contributed by atoms with Crippen LogP contribution in [0.1, 0.15) is 5.56 Å². The first-order chi connectivity index (χ1) is 5.84. The molecule has 13 heavy (non-hydrogen) atoms. The van der Waals surface area contributed by atoms with E-state index in [2.05, 4.69) is 24.6 Å². The molecule has 0 atom stereocenters. The van der Waals surface area contributed by atoms with Crippen LogP contribution >= 0.6 is 11.6 Å². The van der Waals surface area contributed by atoms with Gasteiger partial charge in [0.25, 0.3) is 0 Å². The minimum absolute atomic E-state index is 0.230. The summed E-state index contributed by atoms with van der Waals surface area (Å²) in [5, 5.41) is 1.01. The van der Waals surface area contributed by atoms with Crippen molar-refractivity contribution in [3.05, 3.63) is 22.6 Å². The predicted octanol–water partition coefficient (Wildman–Crippen LogP) is 2.73. The highest BCUT2D eigenvalue weighted by molar-refractivity contribution is 6.88. The molecule has 0 fully saturated rings. The number of rotatable bonds is 1. The molecule has 0 spiro atoms. The fourth-order valence-electron chi connectivity index (χ4n) is 1.08. The van der Waals surface area contributed by atoms with Crippen molar-refractivity contribution in [3.8, 4) is 0 Å². The van der Waals surface area contributed by atoms with Gasteiger partial charge in [-0.3, -0.25) is 4.98 Å². The molecule has 0 amide bonds. The lowest BCUT2D eigenvalue weighted by Crippen LogP contribution is -2.42. The maximum Gasteiger partial charge on any atom is 0.144 e. The van der Waals surface area contributed by atoms with Crippen LogP contribution in [-0.4, -0.2) is 13.1 Å². The molecule has 0 aromatic carbocycles. The van der Waals surface area contributed by atoms with E-state index in [0.29, 0.717) is 15.9 Å². The summed E-state index contributed by atoms with van der Waals surface area (Å²) in [4.78, 5) is 4.06. The van der Waals surface area contributed by atoms with Crippen LogP contribution in [0, 0.1) is 12.7 Å². The highest BCUT2D eigenvalue weighted by atomic mass is 35.5. The second-order valence-corrected chi connectivity index (χ2v) is 9.52. The number of hydrogen-bond acceptors (Lipinski definition) is 1. The van der Waals surface area contributed by atoms with Gasteiger partial charge in [0.05, 0.1) is 10.3 Å². The standard InChI is InChI=1S/C9H13ClFNSi/c1-6-7(10)5-12-9(8(6)11)13(2,3)4/h5H,1-4H3. The van der Waals surface area contributed by atoms with E-state index in [1.165, 1.54) is 6.20 Å². The molecule has 1 aromatic heterocycles. The fourth-order valence-corrected chi connectivity index (χ4v) is 2.51. The van der Waals surface area contributed by atoms with Crippen LogP contribution < -0.4 is 5.32 Å². The van der Waals surface area contributed by atoms with Crippen LogP contribution in [0.3, 0.4) is 0 Å². The number of nitrogens with zero attached hydrogens (tertiary/aromatic N) is 1. The number of hydrogen-bond donors (Lipinski definition) is 0. The quantitative estimate of drug-likeness (QED) is 0.660. The number of pyridine rings is 1. The molecule has 0 saturated carbocycles. The molecule has 1 rings (SSSR count). The van der Waals surface area contributed by atoms with E-state index in [1.807, 2.05) is 0 Å². The molecule has 0 aliphatic rings. The van der Waals surface area contributed by atoms with Crippen LogP contribution in [0.4, 0.5) is 4.39 Å². The van der Waals surface area contributed by atoms with Gasteiger partial charge in [0.15, 0.2) is 0 Å². The van der Waals surface area contributed by atoms with E-state index in [0.717, 1.165) is 0 Å². The van der Waals surface area contributed by atoms with Crippen molar-refractivity contribution in [3.63, 3.8) is 0 Å². The van der Waals surface area contributed by atoms with Gasteiger partial charge in [0, 0.05) is 11.8 Å². The van der Waals surface area contributed by atoms with Crippen LogP contribution in [0.2, 0.25) is 24.7 Å². The maximum absolute atomic E-state index is 13.6. The van der Waals surface area contributed by atoms with Crippen LogP contribution in [0.25, 0.3) is 0 Å². The fraction of sp³-hybridized carbons (Fsp3) is 0.444. The van der Waals surface area contributed by atoms with Gasteiger partial charge in [-0.15, -0.1) is 0 Å². The average molecular weight is 218 g/mol. The maximum atomic E-state index is 13.6. The predicted molar refractivity (Wildman–Crippen MR) is 56.9 cm³/mol. The SMILES string of the molecule is Cc1c(Cl)cnc([Si](C)(C)C)c1F. The summed E-state index contributed by atoms with van der Waals surface area (Å²) in [6.07, 6.45) is 1.54. The first-order valence-corrected chi connectivity index (χ1v) is 8.03. The molecule has 0 unspecified atom stereocenters. The van der Waals surface area contributed by atoms with Crippen molar-refractivity contribution in [1.29, 1.82) is 0 Å². The van der Waals surface area contributed by atoms with E-state index >= 15 is 0 Å². The van der Waals surface area contributed by atoms with Crippen molar-refractivity contribution in [2.45, 2.75) is 26.6 Å². The van der Waals surface area contributed by atoms with E-state index in [9.17, 15) is 4.39 Å². The summed E-state index contributed by atoms with van der Waals surface area (Å²) < 4.78 is 13.6. The van der Waals surface area contributed by atoms with Gasteiger partial charge < -0.3 is 0 Å². The molecule has 1 heterocycles. The van der Waals surface area contributed by atoms with Gasteiger partial charge in [0.2, 0.25) is 0 Å². The van der Waals surface area contributed by atoms with Crippen molar-refractivity contribution in [1.82, 2.24) is 4.98 Å². The Morgan fingerprint density at radius 2 is 1.92 bits per heavy atom. The monoisotopic (exact) mass is 217 g/mol. The average Bonchev–Trinajstić information content (AvgIpc) is 1.98. The third kappa shape index (κ3) is 2.09. The molecule has 1 nitrogen and oxygen atoms in total. The Kier molecular flexibility index (Phi) is 2.78. The Morgan fingerprint density at radius 3 is 2.38 bits per heavy atom. The lowest BCUT2D eigenvalue weighted by atomic mass is 10.3. The van der Waals surface area contributed by atoms with Gasteiger partial charge in [-0.25, -0.2) is 4.39 Å². The Morgan fingerprint density at radius 1 is 1.38 bits per heavy atom. The molecule has 0 aliphatic heterocycles. The third-order valence-corrected chi connectivity index (χ3v) is 4.06. The zero-order valence-corrected chi connectivity index (χ0v) is 10.0. The third-order valence-electron chi connectivity index (χ3n) is 1.91. The summed E-state index contributed by atoms with van der Waals surface area (Å²) in [5.74, 6) is -0.230. The molecule has 0 aliphatic carbocycles. The smallest absolute Gasteiger partial charge is 0.144 e. The molecule has 0 N–H and O–H groups in total. The molecule has 0 radical (unpaired) electrons. The van der Waals surface area contributed by atoms with Crippen LogP contribution in [0.15, 0.2) is 6.20 Å². The molecule has 0 bridgehead atoms. The first-order valence-electron chi connectivity index (χ1n) is 4.15. The molecular weight excluding hydrogens is 205 g/mol. The van der Waals surface area contributed by atoms with E-state index in [4.69, 9.17) is 11.6 Å². The largest absolute Gasteiger partial charge is 0.262 e. The number of halogens is 2. The summed E-state index contributed by atoms with van der Waals surface area (Å²) in [6.45, 7) is 7.87. The van der Waals surface area contributed by atoms with Gasteiger partial charge >= 0.3 is 0 Å². The molecule has 72 valence electrons. The lowest BCUT2D eigenvalue weighted by Gasteiger charge is -2.17. The number of aromatic nitrogens is 1. The van der Waals surface area contributed by atoms with Gasteiger partial charge in [-0.05, 0) is 6.92 Å². The van der Waals surface area contributed by atoms with Crippen molar-refractivity contribution < 1.29 is 4.39 Å². The van der Waals surface area contributed by atoms with E-state index < -0.39 is 8.07 Å². The molecule has 1 aromatic rings. The van der Waals surface area contributed by atoms with Gasteiger partial charge in [-0.1, -0.05) is 31.2 Å². The Hall–Kier alpha value is -0.413. The molecular formula is C9H13ClFNSi. The normalized spacial score (nSPS) is 11.8. The Labute approximate surface area is 84.0 Å². The second kappa shape index (κ2) is 3.39. The zero-order valence-electron chi connectivity index (χ0n) is 8.28. The summed E-state index contributed by atoms with van der Waals surface area (Å²) in [6, 6.07) is 0. The summed E-state index contributed by atoms with van der Waals surface area (Å²) in [7, 11) is -1.68. The Balaban J connectivity index is 3.35. The highest BCUT2D eigenvalue weighted by Crippen LogP contribution is 2.16. The van der Waals surface area contributed by atoms with Crippen molar-refractivity contribution in [2.75, 3.05) is 0 Å². The van der Waals surface area contributed by atoms with Gasteiger partial charge in [-0.2, -0.15) is 0 Å². The van der Waals surface area contributed by atoms with Gasteiger partial charge in [0.1, 0.15) is 13.9 Å². The highest BCUT2D eigenvalue weighted by Gasteiger charge is 2.24. The van der Waals surface area contributed by atoms with Crippen LogP contribution in [-0.2, 0) is 0 Å². The molecule has 0 saturated heterocycles. The first kappa shape index (κ1) is 10.7. The second-order valence-electron chi connectivity index (χ2n) is 4.14. The lowest BCUT2D eigenvalue weighted by molar-refractivity contribution is 0.621. The van der Waals surface area contributed by atoms with E-state index in [1.54, 1.807) is 6.92 Å². The van der Waals surface area contributed by atoms with Crippen LogP contribution in [0.5, 0.6) is 0 Å². The topological polar surface area (TPSA) is 12.9 Å². The van der Waals surface area contributed by atoms with E-state index in [-0.39, 0.29) is 5.82 Å².